The van der Waals surface area contributed by atoms with E-state index in [0.717, 1.165) is 0 Å². The van der Waals surface area contributed by atoms with Gasteiger partial charge in [-0.2, -0.15) is 0 Å². The number of nitrogens with one attached hydrogen (secondary N) is 1. The molecule has 1 aromatic heterocycles. The minimum atomic E-state index is -1.09. The Morgan fingerprint density at radius 2 is 2.04 bits per heavy atom. The van der Waals surface area contributed by atoms with Crippen LogP contribution in [0.5, 0.6) is 5.75 Å². The summed E-state index contributed by atoms with van der Waals surface area (Å²) in [4.78, 5) is 35.3. The van der Waals surface area contributed by atoms with Crippen LogP contribution in [0, 0.1) is 6.92 Å². The summed E-state index contributed by atoms with van der Waals surface area (Å²) in [5.74, 6) is -1.73. The van der Waals surface area contributed by atoms with Gasteiger partial charge in [-0.25, -0.2) is 9.59 Å². The van der Waals surface area contributed by atoms with Gasteiger partial charge >= 0.3 is 11.6 Å². The average molecular weight is 382 g/mol. The molecule has 2 rings (SSSR count). The van der Waals surface area contributed by atoms with Gasteiger partial charge in [0.25, 0.3) is 0 Å². The molecule has 3 N–H and O–H groups in total. The maximum atomic E-state index is 12.2. The summed E-state index contributed by atoms with van der Waals surface area (Å²) in [5, 5.41) is 21.9. The molecule has 0 aliphatic rings. The van der Waals surface area contributed by atoms with Crippen molar-refractivity contribution in [1.29, 1.82) is 0 Å². The first-order valence-corrected chi connectivity index (χ1v) is 8.59. The van der Waals surface area contributed by atoms with E-state index in [9.17, 15) is 19.5 Å². The molecular weight excluding hydrogens is 362 g/mol. The molecule has 1 atom stereocenters. The number of aromatic hydroxyl groups is 1. The molecule has 1 aromatic carbocycles. The lowest BCUT2D eigenvalue weighted by Crippen LogP contribution is -2.40. The van der Waals surface area contributed by atoms with Crippen molar-refractivity contribution >= 4 is 34.4 Å². The van der Waals surface area contributed by atoms with Crippen molar-refractivity contribution in [3.63, 3.8) is 0 Å². The molecule has 0 unspecified atom stereocenters. The second-order valence-corrected chi connectivity index (χ2v) is 6.45. The van der Waals surface area contributed by atoms with Crippen LogP contribution in [-0.2, 0) is 16.0 Å². The summed E-state index contributed by atoms with van der Waals surface area (Å²) < 4.78 is 5.20. The summed E-state index contributed by atoms with van der Waals surface area (Å²) >= 11 is 5.91. The molecule has 0 bridgehead atoms. The Morgan fingerprint density at radius 3 is 2.65 bits per heavy atom. The van der Waals surface area contributed by atoms with Crippen LogP contribution in [0.2, 0.25) is 5.02 Å². The van der Waals surface area contributed by atoms with Crippen molar-refractivity contribution < 1.29 is 24.2 Å². The number of halogens is 1. The Morgan fingerprint density at radius 1 is 1.35 bits per heavy atom. The molecule has 0 aliphatic carbocycles. The number of aliphatic carboxylic acids is 1. The molecule has 0 aliphatic heterocycles. The quantitative estimate of drug-likeness (QED) is 0.635. The highest BCUT2D eigenvalue weighted by atomic mass is 35.5. The number of phenolic OH excluding ortho intramolecular Hbond substituents is 1. The molecule has 1 amide bonds. The van der Waals surface area contributed by atoms with E-state index < -0.39 is 23.5 Å². The third kappa shape index (κ3) is 4.35. The normalized spacial score (nSPS) is 12.1. The van der Waals surface area contributed by atoms with Gasteiger partial charge in [0.1, 0.15) is 17.4 Å². The zero-order chi connectivity index (χ0) is 19.4. The maximum Gasteiger partial charge on any atom is 0.339 e. The van der Waals surface area contributed by atoms with Gasteiger partial charge in [-0.3, -0.25) is 4.79 Å². The minimum Gasteiger partial charge on any atom is -0.506 e. The molecule has 140 valence electrons. The molecule has 2 aromatic rings. The number of amides is 1. The molecule has 1 heterocycles. The first-order valence-electron chi connectivity index (χ1n) is 8.21. The number of fused-ring (bicyclic) bond motifs is 1. The van der Waals surface area contributed by atoms with E-state index in [0.29, 0.717) is 29.4 Å². The van der Waals surface area contributed by atoms with Gasteiger partial charge < -0.3 is 19.9 Å². The van der Waals surface area contributed by atoms with Crippen LogP contribution in [-0.4, -0.2) is 28.1 Å². The Hall–Kier alpha value is -2.54. The van der Waals surface area contributed by atoms with Crippen molar-refractivity contribution in [2.75, 3.05) is 0 Å². The second kappa shape index (κ2) is 8.23. The molecule has 26 heavy (non-hydrogen) atoms. The Labute approximate surface area is 154 Å². The molecule has 0 spiro atoms. The number of hydrogen-bond donors (Lipinski definition) is 3. The fraction of sp³-hybridized carbons (Fsp3) is 0.389. The first kappa shape index (κ1) is 19.8. The fourth-order valence-corrected chi connectivity index (χ4v) is 2.90. The summed E-state index contributed by atoms with van der Waals surface area (Å²) in [5.41, 5.74) is 0.524. The van der Waals surface area contributed by atoms with Crippen LogP contribution in [0.25, 0.3) is 11.0 Å². The Kier molecular flexibility index (Phi) is 6.26. The van der Waals surface area contributed by atoms with E-state index >= 15 is 0 Å². The van der Waals surface area contributed by atoms with Crippen molar-refractivity contribution in [1.82, 2.24) is 5.32 Å². The fourth-order valence-electron chi connectivity index (χ4n) is 2.74. The van der Waals surface area contributed by atoms with Crippen LogP contribution in [0.4, 0.5) is 0 Å². The second-order valence-electron chi connectivity index (χ2n) is 6.04. The van der Waals surface area contributed by atoms with Crippen LogP contribution in [0.3, 0.4) is 0 Å². The molecule has 0 saturated carbocycles. The zero-order valence-corrected chi connectivity index (χ0v) is 15.2. The summed E-state index contributed by atoms with van der Waals surface area (Å²) in [6, 6.07) is 1.82. The van der Waals surface area contributed by atoms with E-state index in [4.69, 9.17) is 21.1 Å². The van der Waals surface area contributed by atoms with E-state index in [1.807, 2.05) is 6.92 Å². The standard InChI is InChI=1S/C18H20ClNO6/c1-3-4-13(17(23)24)20-16(22)6-5-10-9(2)11-7-12(19)14(21)8-15(11)26-18(10)25/h7-8,13,21H,3-6H2,1-2H3,(H,20,22)(H,23,24)/t13-/m0/s1. The van der Waals surface area contributed by atoms with Gasteiger partial charge in [0.15, 0.2) is 0 Å². The summed E-state index contributed by atoms with van der Waals surface area (Å²) in [6.45, 7) is 3.53. The van der Waals surface area contributed by atoms with E-state index in [2.05, 4.69) is 5.32 Å². The highest BCUT2D eigenvalue weighted by Crippen LogP contribution is 2.30. The van der Waals surface area contributed by atoms with E-state index in [1.54, 1.807) is 6.92 Å². The third-order valence-corrected chi connectivity index (χ3v) is 4.47. The van der Waals surface area contributed by atoms with Gasteiger partial charge in [-0.15, -0.1) is 0 Å². The topological polar surface area (TPSA) is 117 Å². The Balaban J connectivity index is 2.20. The number of phenols is 1. The number of carbonyl (C=O) groups excluding carboxylic acids is 1. The number of aryl methyl sites for hydroxylation is 1. The molecule has 7 nitrogen and oxygen atoms in total. The van der Waals surface area contributed by atoms with Gasteiger partial charge in [0.2, 0.25) is 5.91 Å². The summed E-state index contributed by atoms with van der Waals surface area (Å²) in [7, 11) is 0. The summed E-state index contributed by atoms with van der Waals surface area (Å²) in [6.07, 6.45) is 1.02. The Bertz CT molecular complexity index is 905. The predicted octanol–water partition coefficient (Wildman–Crippen LogP) is 2.76. The molecule has 0 saturated heterocycles. The number of rotatable bonds is 7. The molecule has 0 fully saturated rings. The van der Waals surface area contributed by atoms with Gasteiger partial charge in [0.05, 0.1) is 5.02 Å². The number of carboxylic acids is 1. The van der Waals surface area contributed by atoms with Crippen LogP contribution in [0.15, 0.2) is 21.3 Å². The number of carbonyl (C=O) groups is 2. The van der Waals surface area contributed by atoms with Crippen molar-refractivity contribution in [3.8, 4) is 5.75 Å². The van der Waals surface area contributed by atoms with Gasteiger partial charge in [0, 0.05) is 23.4 Å². The van der Waals surface area contributed by atoms with Crippen molar-refractivity contribution in [2.45, 2.75) is 45.6 Å². The van der Waals surface area contributed by atoms with Crippen LogP contribution in [0.1, 0.15) is 37.3 Å². The van der Waals surface area contributed by atoms with Gasteiger partial charge in [-0.1, -0.05) is 24.9 Å². The number of carboxylic acid groups (broad SMARTS) is 1. The SMILES string of the molecule is CCC[C@H](NC(=O)CCc1c(C)c2cc(Cl)c(O)cc2oc1=O)C(=O)O. The largest absolute Gasteiger partial charge is 0.506 e. The molecular formula is C18H20ClNO6. The highest BCUT2D eigenvalue weighted by Gasteiger charge is 2.20. The van der Waals surface area contributed by atoms with E-state index in [-0.39, 0.29) is 29.2 Å². The van der Waals surface area contributed by atoms with E-state index in [1.165, 1.54) is 12.1 Å². The molecule has 0 radical (unpaired) electrons. The smallest absolute Gasteiger partial charge is 0.339 e. The maximum absolute atomic E-state index is 12.2. The number of hydrogen-bond acceptors (Lipinski definition) is 5. The van der Waals surface area contributed by atoms with Crippen LogP contribution >= 0.6 is 11.6 Å². The van der Waals surface area contributed by atoms with Gasteiger partial charge in [-0.05, 0) is 31.4 Å². The van der Waals surface area contributed by atoms with Crippen molar-refractivity contribution in [3.05, 3.63) is 38.7 Å². The van der Waals surface area contributed by atoms with Crippen molar-refractivity contribution in [2.24, 2.45) is 0 Å². The molecule has 8 heteroatoms. The third-order valence-electron chi connectivity index (χ3n) is 4.17. The highest BCUT2D eigenvalue weighted by molar-refractivity contribution is 6.32. The lowest BCUT2D eigenvalue weighted by atomic mass is 10.0. The first-order chi connectivity index (χ1) is 12.2. The number of benzene rings is 1. The zero-order valence-electron chi connectivity index (χ0n) is 14.5. The lowest BCUT2D eigenvalue weighted by molar-refractivity contribution is -0.142. The average Bonchev–Trinajstić information content (AvgIpc) is 2.56. The van der Waals surface area contributed by atoms with Crippen LogP contribution < -0.4 is 10.9 Å². The predicted molar refractivity (Wildman–Crippen MR) is 96.7 cm³/mol. The monoisotopic (exact) mass is 381 g/mol. The lowest BCUT2D eigenvalue weighted by Gasteiger charge is -2.14. The minimum absolute atomic E-state index is 0.0452.